The number of halogens is 1. The summed E-state index contributed by atoms with van der Waals surface area (Å²) in [7, 11) is 0. The predicted octanol–water partition coefficient (Wildman–Crippen LogP) is 3.31. The summed E-state index contributed by atoms with van der Waals surface area (Å²) in [6, 6.07) is 4.36. The molecule has 1 aromatic carbocycles. The number of carbonyl (C=O) groups is 1. The molecule has 106 valence electrons. The van der Waals surface area contributed by atoms with E-state index in [-0.39, 0.29) is 17.2 Å². The molecule has 0 aromatic heterocycles. The highest BCUT2D eigenvalue weighted by atomic mass is 19.1. The number of amides is 1. The Morgan fingerprint density at radius 2 is 1.95 bits per heavy atom. The molecule has 4 heteroatoms. The molecule has 1 aromatic rings. The fourth-order valence-electron chi connectivity index (χ4n) is 2.11. The van der Waals surface area contributed by atoms with E-state index in [0.29, 0.717) is 19.0 Å². The van der Waals surface area contributed by atoms with Crippen molar-refractivity contribution < 1.29 is 9.18 Å². The van der Waals surface area contributed by atoms with Gasteiger partial charge in [-0.05, 0) is 25.0 Å². The number of para-hydroxylation sites is 1. The lowest BCUT2D eigenvalue weighted by Gasteiger charge is -2.26. The van der Waals surface area contributed by atoms with Crippen LogP contribution >= 0.6 is 0 Å². The van der Waals surface area contributed by atoms with Crippen LogP contribution in [0.4, 0.5) is 10.1 Å². The molecule has 0 fully saturated rings. The first-order chi connectivity index (χ1) is 9.04. The van der Waals surface area contributed by atoms with Crippen LogP contribution in [0.25, 0.3) is 0 Å². The quantitative estimate of drug-likeness (QED) is 0.803. The highest BCUT2D eigenvalue weighted by molar-refractivity contribution is 5.99. The second kappa shape index (κ2) is 7.12. The molecule has 0 aliphatic carbocycles. The van der Waals surface area contributed by atoms with Gasteiger partial charge in [-0.15, -0.1) is 0 Å². The van der Waals surface area contributed by atoms with E-state index in [1.807, 2.05) is 6.92 Å². The number of carbonyl (C=O) groups excluding carboxylic acids is 1. The van der Waals surface area contributed by atoms with E-state index in [1.54, 1.807) is 11.0 Å². The van der Waals surface area contributed by atoms with Crippen LogP contribution in [-0.4, -0.2) is 23.9 Å². The second-order valence-electron chi connectivity index (χ2n) is 4.73. The normalized spacial score (nSPS) is 10.8. The summed E-state index contributed by atoms with van der Waals surface area (Å²) in [6.45, 7) is 7.45. The van der Waals surface area contributed by atoms with E-state index < -0.39 is 5.82 Å². The van der Waals surface area contributed by atoms with Crippen LogP contribution < -0.4 is 5.73 Å². The summed E-state index contributed by atoms with van der Waals surface area (Å²) < 4.78 is 13.4. The number of hydrogen-bond acceptors (Lipinski definition) is 2. The first-order valence-corrected chi connectivity index (χ1v) is 6.88. The minimum absolute atomic E-state index is 0.0597. The van der Waals surface area contributed by atoms with Crippen LogP contribution in [-0.2, 0) is 0 Å². The predicted molar refractivity (Wildman–Crippen MR) is 76.5 cm³/mol. The molecule has 0 bridgehead atoms. The van der Waals surface area contributed by atoms with E-state index in [1.165, 1.54) is 12.1 Å². The fraction of sp³-hybridized carbons (Fsp3) is 0.533. The van der Waals surface area contributed by atoms with Crippen LogP contribution in [0.15, 0.2) is 18.2 Å². The number of rotatable bonds is 6. The maximum Gasteiger partial charge on any atom is 0.256 e. The van der Waals surface area contributed by atoms with Crippen molar-refractivity contribution in [2.45, 2.75) is 33.6 Å². The summed E-state index contributed by atoms with van der Waals surface area (Å²) in [5.74, 6) is -0.255. The third-order valence-electron chi connectivity index (χ3n) is 3.59. The van der Waals surface area contributed by atoms with E-state index in [9.17, 15) is 9.18 Å². The molecule has 0 heterocycles. The number of anilines is 1. The highest BCUT2D eigenvalue weighted by Crippen LogP contribution is 2.19. The van der Waals surface area contributed by atoms with Crippen molar-refractivity contribution in [1.82, 2.24) is 4.90 Å². The minimum Gasteiger partial charge on any atom is -0.396 e. The van der Waals surface area contributed by atoms with Gasteiger partial charge in [0, 0.05) is 13.1 Å². The number of nitrogens with two attached hydrogens (primary N) is 1. The zero-order chi connectivity index (χ0) is 14.4. The molecule has 0 aliphatic rings. The van der Waals surface area contributed by atoms with Gasteiger partial charge in [0.2, 0.25) is 0 Å². The molecule has 0 saturated carbocycles. The molecule has 0 spiro atoms. The molecule has 19 heavy (non-hydrogen) atoms. The van der Waals surface area contributed by atoms with Gasteiger partial charge in [-0.25, -0.2) is 4.39 Å². The Morgan fingerprint density at radius 3 is 2.47 bits per heavy atom. The molecule has 0 saturated heterocycles. The zero-order valence-electron chi connectivity index (χ0n) is 11.9. The molecule has 3 nitrogen and oxygen atoms in total. The lowest BCUT2D eigenvalue weighted by atomic mass is 10.0. The van der Waals surface area contributed by atoms with Gasteiger partial charge >= 0.3 is 0 Å². The van der Waals surface area contributed by atoms with Gasteiger partial charge in [0.15, 0.2) is 0 Å². The molecular weight excluding hydrogens is 243 g/mol. The van der Waals surface area contributed by atoms with Crippen LogP contribution in [0.2, 0.25) is 0 Å². The molecule has 1 rings (SSSR count). The van der Waals surface area contributed by atoms with E-state index >= 15 is 0 Å². The Kier molecular flexibility index (Phi) is 5.80. The number of benzene rings is 1. The van der Waals surface area contributed by atoms with Crippen molar-refractivity contribution in [3.8, 4) is 0 Å². The molecule has 0 atom stereocenters. The Morgan fingerprint density at radius 1 is 1.32 bits per heavy atom. The van der Waals surface area contributed by atoms with Gasteiger partial charge in [-0.1, -0.05) is 32.8 Å². The fourth-order valence-corrected chi connectivity index (χ4v) is 2.11. The first kappa shape index (κ1) is 15.5. The van der Waals surface area contributed by atoms with E-state index in [4.69, 9.17) is 5.73 Å². The van der Waals surface area contributed by atoms with Gasteiger partial charge in [-0.3, -0.25) is 4.79 Å². The molecule has 2 N–H and O–H groups in total. The zero-order valence-corrected chi connectivity index (χ0v) is 11.9. The maximum atomic E-state index is 13.4. The lowest BCUT2D eigenvalue weighted by molar-refractivity contribution is 0.0735. The number of nitrogen functional groups attached to an aromatic ring is 1. The van der Waals surface area contributed by atoms with Crippen LogP contribution in [0, 0.1) is 11.7 Å². The minimum atomic E-state index is -0.538. The van der Waals surface area contributed by atoms with Gasteiger partial charge in [0.1, 0.15) is 5.82 Å². The molecule has 0 unspecified atom stereocenters. The Labute approximate surface area is 114 Å². The van der Waals surface area contributed by atoms with Crippen molar-refractivity contribution in [3.05, 3.63) is 29.6 Å². The molecule has 0 radical (unpaired) electrons. The lowest BCUT2D eigenvalue weighted by Crippen LogP contribution is -2.35. The topological polar surface area (TPSA) is 46.3 Å². The van der Waals surface area contributed by atoms with Crippen molar-refractivity contribution in [1.29, 1.82) is 0 Å². The Bertz CT molecular complexity index is 430. The van der Waals surface area contributed by atoms with Crippen LogP contribution in [0.1, 0.15) is 44.0 Å². The maximum absolute atomic E-state index is 13.4. The van der Waals surface area contributed by atoms with E-state index in [2.05, 4.69) is 13.8 Å². The summed E-state index contributed by atoms with van der Waals surface area (Å²) >= 11 is 0. The third-order valence-corrected chi connectivity index (χ3v) is 3.59. The molecule has 0 aliphatic heterocycles. The largest absolute Gasteiger partial charge is 0.396 e. The first-order valence-electron chi connectivity index (χ1n) is 6.88. The van der Waals surface area contributed by atoms with Crippen molar-refractivity contribution in [2.75, 3.05) is 18.8 Å². The Hall–Kier alpha value is -1.58. The standard InChI is InChI=1S/C15H23FN2O/c1-4-11(5-2)10-18(6-3)15(19)12-8-7-9-13(16)14(12)17/h7-9,11H,4-6,10,17H2,1-3H3. The summed E-state index contributed by atoms with van der Waals surface area (Å²) in [6.07, 6.45) is 2.05. The Balaban J connectivity index is 2.92. The summed E-state index contributed by atoms with van der Waals surface area (Å²) in [5.41, 5.74) is 5.85. The van der Waals surface area contributed by atoms with Crippen molar-refractivity contribution in [2.24, 2.45) is 5.92 Å². The SMILES string of the molecule is CCC(CC)CN(CC)C(=O)c1cccc(F)c1N. The van der Waals surface area contributed by atoms with Gasteiger partial charge in [0.25, 0.3) is 5.91 Å². The van der Waals surface area contributed by atoms with Gasteiger partial charge in [0.05, 0.1) is 11.3 Å². The van der Waals surface area contributed by atoms with Crippen molar-refractivity contribution in [3.63, 3.8) is 0 Å². The average molecular weight is 266 g/mol. The number of nitrogens with zero attached hydrogens (tertiary/aromatic N) is 1. The third kappa shape index (κ3) is 3.69. The molecule has 1 amide bonds. The molecular formula is C15H23FN2O. The van der Waals surface area contributed by atoms with Gasteiger partial charge < -0.3 is 10.6 Å². The summed E-state index contributed by atoms with van der Waals surface area (Å²) in [4.78, 5) is 14.1. The van der Waals surface area contributed by atoms with Crippen LogP contribution in [0.5, 0.6) is 0 Å². The highest BCUT2D eigenvalue weighted by Gasteiger charge is 2.20. The average Bonchev–Trinajstić information content (AvgIpc) is 2.43. The summed E-state index contributed by atoms with van der Waals surface area (Å²) in [5, 5.41) is 0. The number of hydrogen-bond donors (Lipinski definition) is 1. The van der Waals surface area contributed by atoms with E-state index in [0.717, 1.165) is 12.8 Å². The van der Waals surface area contributed by atoms with Crippen molar-refractivity contribution >= 4 is 11.6 Å². The monoisotopic (exact) mass is 266 g/mol. The second-order valence-corrected chi connectivity index (χ2v) is 4.73. The smallest absolute Gasteiger partial charge is 0.256 e. The van der Waals surface area contributed by atoms with Crippen LogP contribution in [0.3, 0.4) is 0 Å². The van der Waals surface area contributed by atoms with Gasteiger partial charge in [-0.2, -0.15) is 0 Å².